The van der Waals surface area contributed by atoms with E-state index in [-0.39, 0.29) is 0 Å². The minimum atomic E-state index is 0.291. The Labute approximate surface area is 129 Å². The van der Waals surface area contributed by atoms with Crippen LogP contribution in [0.2, 0.25) is 0 Å². The van der Waals surface area contributed by atoms with Crippen LogP contribution >= 0.6 is 0 Å². The van der Waals surface area contributed by atoms with Crippen LogP contribution in [0.25, 0.3) is 0 Å². The van der Waals surface area contributed by atoms with Gasteiger partial charge in [0.2, 0.25) is 0 Å². The van der Waals surface area contributed by atoms with Crippen molar-refractivity contribution >= 4 is 5.69 Å². The van der Waals surface area contributed by atoms with E-state index in [2.05, 4.69) is 0 Å². The molecule has 2 N–H and O–H groups in total. The number of rotatable bonds is 6. The fourth-order valence-electron chi connectivity index (χ4n) is 2.69. The molecule has 2 unspecified atom stereocenters. The number of nitrogens with two attached hydrogens (primary N) is 1. The van der Waals surface area contributed by atoms with Crippen LogP contribution in [-0.2, 0) is 22.3 Å². The number of hydrogen-bond donors (Lipinski definition) is 1. The zero-order valence-corrected chi connectivity index (χ0v) is 12.3. The van der Waals surface area contributed by atoms with Gasteiger partial charge in [0.1, 0.15) is 11.5 Å². The van der Waals surface area contributed by atoms with Crippen LogP contribution in [0.4, 0.5) is 5.69 Å². The van der Waals surface area contributed by atoms with Crippen LogP contribution in [0.5, 0.6) is 11.5 Å². The van der Waals surface area contributed by atoms with Gasteiger partial charge in [-0.05, 0) is 29.8 Å². The lowest BCUT2D eigenvalue weighted by atomic mass is 9.96. The number of hydrogen-bond acceptors (Lipinski definition) is 4. The summed E-state index contributed by atoms with van der Waals surface area (Å²) in [4.78, 5) is 0. The lowest BCUT2D eigenvalue weighted by Crippen LogP contribution is -2.08. The number of nitrogen functional groups attached to an aromatic ring is 1. The van der Waals surface area contributed by atoms with Crippen molar-refractivity contribution in [2.75, 3.05) is 18.9 Å². The van der Waals surface area contributed by atoms with Crippen LogP contribution in [0.1, 0.15) is 11.1 Å². The molecule has 2 aromatic carbocycles. The Hall–Kier alpha value is -2.04. The predicted octanol–water partition coefficient (Wildman–Crippen LogP) is 2.94. The molecule has 2 aliphatic heterocycles. The third-order valence-corrected chi connectivity index (χ3v) is 4.06. The van der Waals surface area contributed by atoms with Crippen molar-refractivity contribution in [1.29, 1.82) is 0 Å². The van der Waals surface area contributed by atoms with E-state index in [9.17, 15) is 0 Å². The highest BCUT2D eigenvalue weighted by molar-refractivity contribution is 5.58. The number of benzene rings is 2. The van der Waals surface area contributed by atoms with Crippen LogP contribution < -0.4 is 10.5 Å². The fraction of sp³-hybridized carbons (Fsp3) is 0.333. The second kappa shape index (κ2) is 5.63. The molecule has 0 spiro atoms. The van der Waals surface area contributed by atoms with E-state index in [4.69, 9.17) is 19.9 Å². The Bertz CT molecular complexity index is 664. The summed E-state index contributed by atoms with van der Waals surface area (Å²) in [7, 11) is 0. The summed E-state index contributed by atoms with van der Waals surface area (Å²) in [5.41, 5.74) is 9.31. The SMILES string of the molecule is Nc1ccc(Oc2ccccc2)c(CC2CO2)c1CC1CO1. The predicted molar refractivity (Wildman–Crippen MR) is 84.3 cm³/mol. The Kier molecular flexibility index (Phi) is 3.48. The molecule has 0 amide bonds. The lowest BCUT2D eigenvalue weighted by Gasteiger charge is -2.16. The van der Waals surface area contributed by atoms with Crippen molar-refractivity contribution in [3.05, 3.63) is 53.6 Å². The third kappa shape index (κ3) is 3.08. The summed E-state index contributed by atoms with van der Waals surface area (Å²) >= 11 is 0. The maximum absolute atomic E-state index is 6.20. The molecule has 114 valence electrons. The van der Waals surface area contributed by atoms with Gasteiger partial charge in [-0.15, -0.1) is 0 Å². The molecule has 2 fully saturated rings. The molecule has 0 aliphatic carbocycles. The van der Waals surface area contributed by atoms with Crippen LogP contribution in [-0.4, -0.2) is 25.4 Å². The summed E-state index contributed by atoms with van der Waals surface area (Å²) in [5.74, 6) is 1.70. The highest BCUT2D eigenvalue weighted by Crippen LogP contribution is 2.36. The van der Waals surface area contributed by atoms with E-state index >= 15 is 0 Å². The molecular formula is C18H19NO3. The quantitative estimate of drug-likeness (QED) is 0.658. The first-order valence-corrected chi connectivity index (χ1v) is 7.66. The first-order chi connectivity index (χ1) is 10.8. The van der Waals surface area contributed by atoms with Gasteiger partial charge in [-0.25, -0.2) is 0 Å². The maximum Gasteiger partial charge on any atom is 0.131 e. The van der Waals surface area contributed by atoms with E-state index < -0.39 is 0 Å². The summed E-state index contributed by atoms with van der Waals surface area (Å²) < 4.78 is 16.9. The normalized spacial score (nSPS) is 22.4. The smallest absolute Gasteiger partial charge is 0.131 e. The lowest BCUT2D eigenvalue weighted by molar-refractivity contribution is 0.397. The van der Waals surface area contributed by atoms with E-state index in [1.165, 1.54) is 0 Å². The van der Waals surface area contributed by atoms with Gasteiger partial charge in [-0.1, -0.05) is 18.2 Å². The highest BCUT2D eigenvalue weighted by Gasteiger charge is 2.30. The van der Waals surface area contributed by atoms with Gasteiger partial charge < -0.3 is 19.9 Å². The highest BCUT2D eigenvalue weighted by atomic mass is 16.6. The molecular weight excluding hydrogens is 278 g/mol. The molecule has 0 bridgehead atoms. The molecule has 4 nitrogen and oxygen atoms in total. The Morgan fingerprint density at radius 3 is 2.18 bits per heavy atom. The number of ether oxygens (including phenoxy) is 3. The van der Waals surface area contributed by atoms with Gasteiger partial charge >= 0.3 is 0 Å². The van der Waals surface area contributed by atoms with Crippen molar-refractivity contribution in [2.45, 2.75) is 25.0 Å². The molecule has 0 aromatic heterocycles. The van der Waals surface area contributed by atoms with Crippen molar-refractivity contribution in [2.24, 2.45) is 0 Å². The van der Waals surface area contributed by atoms with E-state index in [0.29, 0.717) is 12.2 Å². The van der Waals surface area contributed by atoms with Crippen LogP contribution in [0, 0.1) is 0 Å². The van der Waals surface area contributed by atoms with Gasteiger partial charge in [0, 0.05) is 24.1 Å². The average molecular weight is 297 g/mol. The van der Waals surface area contributed by atoms with E-state index in [1.54, 1.807) is 0 Å². The van der Waals surface area contributed by atoms with E-state index in [1.807, 2.05) is 42.5 Å². The molecule has 2 aromatic rings. The number of para-hydroxylation sites is 1. The third-order valence-electron chi connectivity index (χ3n) is 4.06. The molecule has 0 saturated carbocycles. The zero-order chi connectivity index (χ0) is 14.9. The average Bonchev–Trinajstić information content (AvgIpc) is 3.42. The number of epoxide rings is 2. The molecule has 22 heavy (non-hydrogen) atoms. The monoisotopic (exact) mass is 297 g/mol. The fourth-order valence-corrected chi connectivity index (χ4v) is 2.69. The van der Waals surface area contributed by atoms with Gasteiger partial charge in [0.15, 0.2) is 0 Å². The van der Waals surface area contributed by atoms with Crippen LogP contribution in [0.15, 0.2) is 42.5 Å². The summed E-state index contributed by atoms with van der Waals surface area (Å²) in [6.45, 7) is 1.64. The van der Waals surface area contributed by atoms with Gasteiger partial charge in [0.05, 0.1) is 25.4 Å². The van der Waals surface area contributed by atoms with Crippen molar-refractivity contribution in [1.82, 2.24) is 0 Å². The van der Waals surface area contributed by atoms with Gasteiger partial charge in [0.25, 0.3) is 0 Å². The Balaban J connectivity index is 1.68. The summed E-state index contributed by atoms with van der Waals surface area (Å²) in [6, 6.07) is 13.7. The summed E-state index contributed by atoms with van der Waals surface area (Å²) in [6.07, 6.45) is 2.28. The van der Waals surface area contributed by atoms with Gasteiger partial charge in [-0.2, -0.15) is 0 Å². The van der Waals surface area contributed by atoms with Gasteiger partial charge in [-0.3, -0.25) is 0 Å². The van der Waals surface area contributed by atoms with Crippen molar-refractivity contribution in [3.63, 3.8) is 0 Å². The standard InChI is InChI=1S/C18H19NO3/c19-17-6-7-18(22-12-4-2-1-3-5-12)16(9-14-11-21-14)15(17)8-13-10-20-13/h1-7,13-14H,8-11,19H2. The minimum absolute atomic E-state index is 0.291. The topological polar surface area (TPSA) is 60.3 Å². The zero-order valence-electron chi connectivity index (χ0n) is 12.3. The molecule has 2 atom stereocenters. The molecule has 4 rings (SSSR count). The second-order valence-electron chi connectivity index (χ2n) is 5.84. The molecule has 2 heterocycles. The second-order valence-corrected chi connectivity index (χ2v) is 5.84. The molecule has 2 aliphatic rings. The molecule has 4 heteroatoms. The molecule has 0 radical (unpaired) electrons. The first-order valence-electron chi connectivity index (χ1n) is 7.66. The molecule has 2 saturated heterocycles. The minimum Gasteiger partial charge on any atom is -0.457 e. The number of anilines is 1. The Morgan fingerprint density at radius 2 is 1.55 bits per heavy atom. The summed E-state index contributed by atoms with van der Waals surface area (Å²) in [5, 5.41) is 0. The maximum atomic E-state index is 6.20. The van der Waals surface area contributed by atoms with Crippen LogP contribution in [0.3, 0.4) is 0 Å². The van der Waals surface area contributed by atoms with Crippen molar-refractivity contribution < 1.29 is 14.2 Å². The first kappa shape index (κ1) is 13.6. The van der Waals surface area contributed by atoms with E-state index in [0.717, 1.165) is 54.4 Å². The van der Waals surface area contributed by atoms with Crippen molar-refractivity contribution in [3.8, 4) is 11.5 Å². The Morgan fingerprint density at radius 1 is 0.909 bits per heavy atom. The largest absolute Gasteiger partial charge is 0.457 e.